The number of methoxy groups -OCH3 is 1. The monoisotopic (exact) mass is 292 g/mol. The van der Waals surface area contributed by atoms with Crippen molar-refractivity contribution in [2.24, 2.45) is 0 Å². The number of hydrogen-bond acceptors (Lipinski definition) is 8. The van der Waals surface area contributed by atoms with Gasteiger partial charge >= 0.3 is 0 Å². The number of likely N-dealkylation sites (N-methyl/N-ethyl adjacent to an activating group) is 1. The van der Waals surface area contributed by atoms with Crippen LogP contribution in [0.5, 0.6) is 0 Å². The van der Waals surface area contributed by atoms with Crippen LogP contribution in [0.1, 0.15) is 25.7 Å². The van der Waals surface area contributed by atoms with Crippen LogP contribution in [0.2, 0.25) is 0 Å². The van der Waals surface area contributed by atoms with Gasteiger partial charge in [0.1, 0.15) is 0 Å². The zero-order valence-electron chi connectivity index (χ0n) is 12.4. The lowest BCUT2D eigenvalue weighted by atomic mass is 10.2. The first-order valence-corrected chi connectivity index (χ1v) is 7.25. The van der Waals surface area contributed by atoms with Crippen molar-refractivity contribution in [1.82, 2.24) is 20.3 Å². The quantitative estimate of drug-likeness (QED) is 0.855. The molecule has 8 heteroatoms. The van der Waals surface area contributed by atoms with Crippen LogP contribution in [0.4, 0.5) is 11.6 Å². The minimum atomic E-state index is 0.422. The van der Waals surface area contributed by atoms with Crippen molar-refractivity contribution >= 4 is 22.9 Å². The van der Waals surface area contributed by atoms with Crippen molar-refractivity contribution in [2.75, 3.05) is 37.5 Å². The molecule has 114 valence electrons. The zero-order chi connectivity index (χ0) is 14.7. The van der Waals surface area contributed by atoms with Gasteiger partial charge in [0.15, 0.2) is 11.6 Å². The van der Waals surface area contributed by atoms with Crippen LogP contribution in [0, 0.1) is 0 Å². The lowest BCUT2D eigenvalue weighted by molar-refractivity contribution is 0.206. The first kappa shape index (κ1) is 14.0. The number of nitrogens with one attached hydrogen (secondary N) is 1. The Kier molecular flexibility index (Phi) is 4.14. The molecule has 2 aromatic heterocycles. The first-order valence-electron chi connectivity index (χ1n) is 7.25. The van der Waals surface area contributed by atoms with Crippen LogP contribution in [-0.4, -0.2) is 53.6 Å². The van der Waals surface area contributed by atoms with Gasteiger partial charge in [0.05, 0.1) is 6.61 Å². The number of nitrogens with zero attached hydrogens (tertiary/aromatic N) is 5. The van der Waals surface area contributed by atoms with Crippen LogP contribution < -0.4 is 10.2 Å². The molecule has 1 fully saturated rings. The minimum absolute atomic E-state index is 0.422. The van der Waals surface area contributed by atoms with E-state index in [4.69, 9.17) is 9.37 Å². The van der Waals surface area contributed by atoms with Crippen molar-refractivity contribution in [2.45, 2.75) is 31.7 Å². The molecule has 1 aliphatic carbocycles. The second-order valence-corrected chi connectivity index (χ2v) is 5.35. The molecule has 1 N–H and O–H groups in total. The maximum atomic E-state index is 5.12. The molecule has 0 unspecified atom stereocenters. The molecule has 0 aromatic carbocycles. The molecule has 1 saturated carbocycles. The number of aromatic nitrogens is 4. The predicted molar refractivity (Wildman–Crippen MR) is 78.4 cm³/mol. The van der Waals surface area contributed by atoms with E-state index in [1.54, 1.807) is 7.11 Å². The molecule has 2 heterocycles. The Hall–Kier alpha value is -1.96. The average molecular weight is 292 g/mol. The standard InChI is InChI=1S/C13H20N6O2/c1-19(7-8-20-2)13-12(14-9-5-3-4-6-9)15-10-11(16-13)18-21-17-10/h9H,3-8H2,1-2H3,(H,14,15,17). The smallest absolute Gasteiger partial charge is 0.245 e. The van der Waals surface area contributed by atoms with E-state index in [-0.39, 0.29) is 0 Å². The van der Waals surface area contributed by atoms with Crippen LogP contribution in [0.25, 0.3) is 11.3 Å². The van der Waals surface area contributed by atoms with E-state index < -0.39 is 0 Å². The number of anilines is 2. The van der Waals surface area contributed by atoms with Gasteiger partial charge in [-0.25, -0.2) is 14.6 Å². The lowest BCUT2D eigenvalue weighted by Gasteiger charge is -2.22. The molecular weight excluding hydrogens is 272 g/mol. The summed E-state index contributed by atoms with van der Waals surface area (Å²) in [7, 11) is 3.64. The van der Waals surface area contributed by atoms with Crippen molar-refractivity contribution in [3.8, 4) is 0 Å². The number of ether oxygens (including phenoxy) is 1. The predicted octanol–water partition coefficient (Wildman–Crippen LogP) is 1.45. The van der Waals surface area contributed by atoms with Crippen LogP contribution >= 0.6 is 0 Å². The van der Waals surface area contributed by atoms with Gasteiger partial charge in [-0.05, 0) is 23.2 Å². The molecule has 0 aliphatic heterocycles. The van der Waals surface area contributed by atoms with E-state index in [1.807, 2.05) is 11.9 Å². The van der Waals surface area contributed by atoms with Crippen molar-refractivity contribution < 1.29 is 9.37 Å². The number of rotatable bonds is 6. The fourth-order valence-corrected chi connectivity index (χ4v) is 2.59. The molecule has 0 saturated heterocycles. The molecule has 0 atom stereocenters. The van der Waals surface area contributed by atoms with E-state index in [9.17, 15) is 0 Å². The molecule has 8 nitrogen and oxygen atoms in total. The number of hydrogen-bond donors (Lipinski definition) is 1. The molecule has 1 aliphatic rings. The largest absolute Gasteiger partial charge is 0.383 e. The lowest BCUT2D eigenvalue weighted by Crippen LogP contribution is -2.26. The van der Waals surface area contributed by atoms with Gasteiger partial charge < -0.3 is 15.0 Å². The van der Waals surface area contributed by atoms with Gasteiger partial charge in [-0.1, -0.05) is 12.8 Å². The highest BCUT2D eigenvalue weighted by atomic mass is 16.6. The molecule has 0 amide bonds. The maximum Gasteiger partial charge on any atom is 0.245 e. The molecular formula is C13H20N6O2. The van der Waals surface area contributed by atoms with E-state index in [1.165, 1.54) is 12.8 Å². The molecule has 3 rings (SSSR count). The van der Waals surface area contributed by atoms with Gasteiger partial charge in [-0.15, -0.1) is 0 Å². The van der Waals surface area contributed by atoms with Crippen molar-refractivity contribution in [3.05, 3.63) is 0 Å². The zero-order valence-corrected chi connectivity index (χ0v) is 12.4. The summed E-state index contributed by atoms with van der Waals surface area (Å²) in [5, 5.41) is 11.0. The van der Waals surface area contributed by atoms with Gasteiger partial charge in [-0.3, -0.25) is 0 Å². The highest BCUT2D eigenvalue weighted by molar-refractivity contribution is 5.74. The van der Waals surface area contributed by atoms with E-state index in [0.717, 1.165) is 31.0 Å². The third kappa shape index (κ3) is 3.05. The second kappa shape index (κ2) is 6.21. The summed E-state index contributed by atoms with van der Waals surface area (Å²) in [5.41, 5.74) is 0.852. The normalized spacial score (nSPS) is 15.7. The number of fused-ring (bicyclic) bond motifs is 1. The summed E-state index contributed by atoms with van der Waals surface area (Å²) < 4.78 is 9.83. The molecule has 2 aromatic rings. The fraction of sp³-hybridized carbons (Fsp3) is 0.692. The fourth-order valence-electron chi connectivity index (χ4n) is 2.59. The Morgan fingerprint density at radius 2 is 1.95 bits per heavy atom. The Morgan fingerprint density at radius 3 is 2.67 bits per heavy atom. The summed E-state index contributed by atoms with van der Waals surface area (Å²) in [6.45, 7) is 1.34. The first-order chi connectivity index (χ1) is 10.3. The molecule has 0 radical (unpaired) electrons. The third-order valence-electron chi connectivity index (χ3n) is 3.78. The van der Waals surface area contributed by atoms with Gasteiger partial charge in [0.2, 0.25) is 11.3 Å². The molecule has 0 spiro atoms. The van der Waals surface area contributed by atoms with Crippen molar-refractivity contribution in [3.63, 3.8) is 0 Å². The summed E-state index contributed by atoms with van der Waals surface area (Å²) >= 11 is 0. The van der Waals surface area contributed by atoms with Crippen LogP contribution in [0.15, 0.2) is 4.63 Å². The maximum absolute atomic E-state index is 5.12. The van der Waals surface area contributed by atoms with Gasteiger partial charge in [0, 0.05) is 26.7 Å². The highest BCUT2D eigenvalue weighted by Gasteiger charge is 2.21. The summed E-state index contributed by atoms with van der Waals surface area (Å²) in [6, 6.07) is 0.450. The SMILES string of the molecule is COCCN(C)c1nc2nonc2nc1NC1CCCC1. The molecule has 21 heavy (non-hydrogen) atoms. The Labute approximate surface area is 122 Å². The Balaban J connectivity index is 1.89. The van der Waals surface area contributed by atoms with E-state index >= 15 is 0 Å². The third-order valence-corrected chi connectivity index (χ3v) is 3.78. The van der Waals surface area contributed by atoms with Gasteiger partial charge in [-0.2, -0.15) is 0 Å². The average Bonchev–Trinajstić information content (AvgIpc) is 3.14. The van der Waals surface area contributed by atoms with E-state index in [2.05, 4.69) is 25.6 Å². The topological polar surface area (TPSA) is 89.2 Å². The van der Waals surface area contributed by atoms with Crippen LogP contribution in [-0.2, 0) is 4.74 Å². The molecule has 0 bridgehead atoms. The second-order valence-electron chi connectivity index (χ2n) is 5.35. The Bertz CT molecular complexity index is 595. The summed E-state index contributed by atoms with van der Waals surface area (Å²) in [5.74, 6) is 1.49. The van der Waals surface area contributed by atoms with E-state index in [0.29, 0.717) is 23.9 Å². The van der Waals surface area contributed by atoms with Gasteiger partial charge in [0.25, 0.3) is 0 Å². The summed E-state index contributed by atoms with van der Waals surface area (Å²) in [6.07, 6.45) is 4.84. The Morgan fingerprint density at radius 1 is 1.24 bits per heavy atom. The summed E-state index contributed by atoms with van der Waals surface area (Å²) in [4.78, 5) is 11.0. The minimum Gasteiger partial charge on any atom is -0.383 e. The van der Waals surface area contributed by atoms with Crippen molar-refractivity contribution in [1.29, 1.82) is 0 Å². The highest BCUT2D eigenvalue weighted by Crippen LogP contribution is 2.27. The van der Waals surface area contributed by atoms with Crippen LogP contribution in [0.3, 0.4) is 0 Å².